The molecule has 0 aliphatic carbocycles. The maximum absolute atomic E-state index is 5.89. The quantitative estimate of drug-likeness (QED) is 0.489. The lowest BCUT2D eigenvalue weighted by Crippen LogP contribution is -2.26. The molecule has 1 aromatic heterocycles. The zero-order valence-electron chi connectivity index (χ0n) is 11.5. The summed E-state index contributed by atoms with van der Waals surface area (Å²) in [5.41, 5.74) is 0. The summed E-state index contributed by atoms with van der Waals surface area (Å²) < 4.78 is 16.9. The van der Waals surface area contributed by atoms with E-state index in [1.807, 2.05) is 11.8 Å². The van der Waals surface area contributed by atoms with Crippen LogP contribution in [0.15, 0.2) is 21.7 Å². The maximum atomic E-state index is 5.89. The Morgan fingerprint density at radius 1 is 1.53 bits per heavy atom. The molecule has 0 amide bonds. The second-order valence-electron chi connectivity index (χ2n) is 4.73. The average Bonchev–Trinajstić information content (AvgIpc) is 3.11. The highest BCUT2D eigenvalue weighted by Gasteiger charge is 2.24. The van der Waals surface area contributed by atoms with E-state index >= 15 is 0 Å². The van der Waals surface area contributed by atoms with Crippen molar-refractivity contribution in [3.63, 3.8) is 0 Å². The first kappa shape index (κ1) is 15.3. The van der Waals surface area contributed by atoms with Crippen LogP contribution in [0.5, 0.6) is 0 Å². The number of hydrogen-bond acceptors (Lipinski definition) is 5. The zero-order valence-corrected chi connectivity index (χ0v) is 13.2. The molecular weight excluding hydrogens is 280 g/mol. The van der Waals surface area contributed by atoms with Crippen molar-refractivity contribution < 1.29 is 14.2 Å². The molecule has 0 aromatic carbocycles. The summed E-state index contributed by atoms with van der Waals surface area (Å²) in [4.78, 5) is 1.31. The molecule has 0 N–H and O–H groups in total. The summed E-state index contributed by atoms with van der Waals surface area (Å²) in [5, 5.41) is 4.27. The van der Waals surface area contributed by atoms with Crippen LogP contribution >= 0.6 is 23.1 Å². The first-order valence-corrected chi connectivity index (χ1v) is 8.70. The lowest BCUT2D eigenvalue weighted by Gasteiger charge is -2.19. The number of hydrogen-bond donors (Lipinski definition) is 0. The Hall–Kier alpha value is -0.0700. The molecule has 1 aliphatic rings. The van der Waals surface area contributed by atoms with Gasteiger partial charge in [-0.3, -0.25) is 0 Å². The van der Waals surface area contributed by atoms with Gasteiger partial charge in [-0.15, -0.1) is 11.8 Å². The third-order valence-corrected chi connectivity index (χ3v) is 4.95. The number of thioether (sulfide) groups is 1. The fourth-order valence-electron chi connectivity index (χ4n) is 1.46. The van der Waals surface area contributed by atoms with Gasteiger partial charge in [0.25, 0.3) is 0 Å². The second kappa shape index (κ2) is 8.27. The summed E-state index contributed by atoms with van der Waals surface area (Å²) in [7, 11) is 0. The summed E-state index contributed by atoms with van der Waals surface area (Å²) in [6.45, 7) is 6.44. The van der Waals surface area contributed by atoms with E-state index in [9.17, 15) is 0 Å². The molecule has 3 unspecified atom stereocenters. The highest BCUT2D eigenvalue weighted by atomic mass is 32.2. The zero-order chi connectivity index (χ0) is 13.5. The summed E-state index contributed by atoms with van der Waals surface area (Å²) in [6.07, 6.45) is 1.80. The monoisotopic (exact) mass is 302 g/mol. The molecule has 0 spiro atoms. The Morgan fingerprint density at radius 3 is 3.00 bits per heavy atom. The van der Waals surface area contributed by atoms with Crippen molar-refractivity contribution in [3.8, 4) is 0 Å². The highest BCUT2D eigenvalue weighted by Crippen LogP contribution is 2.23. The van der Waals surface area contributed by atoms with Gasteiger partial charge in [0.05, 0.1) is 32.0 Å². The SMILES string of the molecule is CCC(C)OCC(CSc1ccsc1)OCC1CO1. The standard InChI is InChI=1S/C14H22O3S2/c1-3-11(2)15-8-13(17-7-12-6-16-12)9-19-14-4-5-18-10-14/h4-5,10-13H,3,6-9H2,1-2H3. The van der Waals surface area contributed by atoms with Gasteiger partial charge >= 0.3 is 0 Å². The van der Waals surface area contributed by atoms with Crippen LogP contribution in [0.25, 0.3) is 0 Å². The molecule has 1 aromatic rings. The van der Waals surface area contributed by atoms with E-state index in [4.69, 9.17) is 14.2 Å². The van der Waals surface area contributed by atoms with Gasteiger partial charge in [-0.2, -0.15) is 11.3 Å². The third-order valence-electron chi connectivity index (χ3n) is 2.99. The van der Waals surface area contributed by atoms with Gasteiger partial charge in [-0.25, -0.2) is 0 Å². The predicted octanol–water partition coefficient (Wildman–Crippen LogP) is 3.44. The largest absolute Gasteiger partial charge is 0.376 e. The smallest absolute Gasteiger partial charge is 0.104 e. The van der Waals surface area contributed by atoms with Gasteiger partial charge in [-0.1, -0.05) is 6.92 Å². The molecule has 5 heteroatoms. The van der Waals surface area contributed by atoms with Crippen LogP contribution in [0.3, 0.4) is 0 Å². The van der Waals surface area contributed by atoms with Gasteiger partial charge < -0.3 is 14.2 Å². The molecule has 2 heterocycles. The van der Waals surface area contributed by atoms with Crippen molar-refractivity contribution in [2.45, 2.75) is 43.5 Å². The minimum atomic E-state index is 0.142. The van der Waals surface area contributed by atoms with Crippen molar-refractivity contribution in [1.29, 1.82) is 0 Å². The summed E-state index contributed by atoms with van der Waals surface area (Å²) in [6, 6.07) is 2.14. The number of rotatable bonds is 10. The van der Waals surface area contributed by atoms with Crippen LogP contribution in [0, 0.1) is 0 Å². The summed E-state index contributed by atoms with van der Waals surface area (Å²) >= 11 is 3.56. The number of ether oxygens (including phenoxy) is 3. The van der Waals surface area contributed by atoms with E-state index in [1.54, 1.807) is 11.3 Å². The first-order chi connectivity index (χ1) is 9.28. The molecule has 1 saturated heterocycles. The van der Waals surface area contributed by atoms with Crippen LogP contribution in [-0.2, 0) is 14.2 Å². The van der Waals surface area contributed by atoms with E-state index in [-0.39, 0.29) is 6.10 Å². The molecular formula is C14H22O3S2. The Kier molecular flexibility index (Phi) is 6.67. The average molecular weight is 302 g/mol. The Morgan fingerprint density at radius 2 is 2.37 bits per heavy atom. The van der Waals surface area contributed by atoms with Gasteiger partial charge in [0.1, 0.15) is 6.10 Å². The van der Waals surface area contributed by atoms with Gasteiger partial charge in [0.15, 0.2) is 0 Å². The van der Waals surface area contributed by atoms with Gasteiger partial charge in [0, 0.05) is 16.0 Å². The van der Waals surface area contributed by atoms with Crippen molar-refractivity contribution in [1.82, 2.24) is 0 Å². The van der Waals surface area contributed by atoms with Crippen molar-refractivity contribution in [2.24, 2.45) is 0 Å². The molecule has 3 atom stereocenters. The normalized spacial score (nSPS) is 21.3. The molecule has 1 fully saturated rings. The number of epoxide rings is 1. The fraction of sp³-hybridized carbons (Fsp3) is 0.714. The molecule has 3 nitrogen and oxygen atoms in total. The fourth-order valence-corrected chi connectivity index (χ4v) is 3.24. The molecule has 19 heavy (non-hydrogen) atoms. The highest BCUT2D eigenvalue weighted by molar-refractivity contribution is 7.99. The second-order valence-corrected chi connectivity index (χ2v) is 6.61. The van der Waals surface area contributed by atoms with Crippen molar-refractivity contribution in [3.05, 3.63) is 16.8 Å². The van der Waals surface area contributed by atoms with E-state index in [1.165, 1.54) is 4.90 Å². The number of thiophene rings is 1. The van der Waals surface area contributed by atoms with Crippen molar-refractivity contribution in [2.75, 3.05) is 25.6 Å². The van der Waals surface area contributed by atoms with E-state index in [0.717, 1.165) is 18.8 Å². The molecule has 108 valence electrons. The molecule has 2 rings (SSSR count). The minimum Gasteiger partial charge on any atom is -0.376 e. The van der Waals surface area contributed by atoms with Crippen LogP contribution in [0.1, 0.15) is 20.3 Å². The molecule has 0 saturated carbocycles. The van der Waals surface area contributed by atoms with E-state index < -0.39 is 0 Å². The molecule has 1 aliphatic heterocycles. The lowest BCUT2D eigenvalue weighted by molar-refractivity contribution is -0.0333. The van der Waals surface area contributed by atoms with E-state index in [2.05, 4.69) is 30.7 Å². The topological polar surface area (TPSA) is 31.0 Å². The first-order valence-electron chi connectivity index (χ1n) is 6.77. The van der Waals surface area contributed by atoms with Gasteiger partial charge in [0.2, 0.25) is 0 Å². The molecule has 0 bridgehead atoms. The Balaban J connectivity index is 1.71. The maximum Gasteiger partial charge on any atom is 0.104 e. The summed E-state index contributed by atoms with van der Waals surface area (Å²) in [5.74, 6) is 0.930. The minimum absolute atomic E-state index is 0.142. The third kappa shape index (κ3) is 6.27. The Labute approximate surface area is 123 Å². The van der Waals surface area contributed by atoms with Crippen LogP contribution < -0.4 is 0 Å². The van der Waals surface area contributed by atoms with Gasteiger partial charge in [-0.05, 0) is 24.8 Å². The predicted molar refractivity (Wildman–Crippen MR) is 80.2 cm³/mol. The van der Waals surface area contributed by atoms with Crippen molar-refractivity contribution >= 4 is 23.1 Å². The van der Waals surface area contributed by atoms with Crippen LogP contribution in [-0.4, -0.2) is 43.9 Å². The van der Waals surface area contributed by atoms with Crippen LogP contribution in [0.2, 0.25) is 0 Å². The molecule has 0 radical (unpaired) electrons. The van der Waals surface area contributed by atoms with E-state index in [0.29, 0.717) is 25.4 Å². The van der Waals surface area contributed by atoms with Crippen LogP contribution in [0.4, 0.5) is 0 Å². The lowest BCUT2D eigenvalue weighted by atomic mass is 10.3. The Bertz CT molecular complexity index is 338.